The maximum absolute atomic E-state index is 12.3. The molecule has 0 spiro atoms. The van der Waals surface area contributed by atoms with Crippen LogP contribution in [-0.2, 0) is 10.0 Å². The van der Waals surface area contributed by atoms with Crippen molar-refractivity contribution in [1.82, 2.24) is 15.2 Å². The van der Waals surface area contributed by atoms with Gasteiger partial charge in [0.25, 0.3) is 11.8 Å². The molecule has 0 heterocycles. The van der Waals surface area contributed by atoms with Gasteiger partial charge in [0.05, 0.1) is 24.7 Å². The van der Waals surface area contributed by atoms with Crippen LogP contribution in [-0.4, -0.2) is 52.9 Å². The molecule has 2 N–H and O–H groups in total. The molecule has 2 rings (SSSR count). The standard InChI is InChI=1S/C18H21N3O6S/c1-21(2)28(24,25)14-7-5-6-12(10-14)17(22)19-20-18(23)15-9-8-13(26-3)11-16(15)27-4/h5-11H,1-4H3,(H,19,22)(H,20,23). The summed E-state index contributed by atoms with van der Waals surface area (Å²) in [5.41, 5.74) is 4.78. The first kappa shape index (κ1) is 21.2. The van der Waals surface area contributed by atoms with Crippen molar-refractivity contribution >= 4 is 21.8 Å². The Bertz CT molecular complexity index is 989. The molecule has 28 heavy (non-hydrogen) atoms. The molecule has 0 aliphatic carbocycles. The second kappa shape index (κ2) is 8.72. The van der Waals surface area contributed by atoms with E-state index in [9.17, 15) is 18.0 Å². The lowest BCUT2D eigenvalue weighted by Gasteiger charge is -2.13. The average molecular weight is 407 g/mol. The fourth-order valence-corrected chi connectivity index (χ4v) is 3.20. The van der Waals surface area contributed by atoms with Crippen LogP contribution in [0.15, 0.2) is 47.4 Å². The first-order chi connectivity index (χ1) is 13.2. The van der Waals surface area contributed by atoms with Crippen LogP contribution < -0.4 is 20.3 Å². The van der Waals surface area contributed by atoms with Crippen LogP contribution in [0.3, 0.4) is 0 Å². The maximum Gasteiger partial charge on any atom is 0.273 e. The van der Waals surface area contributed by atoms with E-state index >= 15 is 0 Å². The van der Waals surface area contributed by atoms with Crippen molar-refractivity contribution in [2.75, 3.05) is 28.3 Å². The van der Waals surface area contributed by atoms with Gasteiger partial charge in [-0.05, 0) is 30.3 Å². The lowest BCUT2D eigenvalue weighted by atomic mass is 10.2. The molecule has 0 saturated carbocycles. The van der Waals surface area contributed by atoms with Crippen molar-refractivity contribution < 1.29 is 27.5 Å². The summed E-state index contributed by atoms with van der Waals surface area (Å²) in [6.45, 7) is 0. The van der Waals surface area contributed by atoms with Gasteiger partial charge >= 0.3 is 0 Å². The van der Waals surface area contributed by atoms with Crippen molar-refractivity contribution in [1.29, 1.82) is 0 Å². The first-order valence-corrected chi connectivity index (χ1v) is 9.50. The molecule has 0 aliphatic rings. The van der Waals surface area contributed by atoms with Gasteiger partial charge in [-0.25, -0.2) is 12.7 Å². The van der Waals surface area contributed by atoms with Crippen LogP contribution in [0.4, 0.5) is 0 Å². The number of carbonyl (C=O) groups is 2. The quantitative estimate of drug-likeness (QED) is 0.692. The topological polar surface area (TPSA) is 114 Å². The van der Waals surface area contributed by atoms with E-state index in [-0.39, 0.29) is 21.8 Å². The van der Waals surface area contributed by atoms with Crippen LogP contribution in [0, 0.1) is 0 Å². The number of methoxy groups -OCH3 is 2. The molecule has 0 unspecified atom stereocenters. The van der Waals surface area contributed by atoms with Gasteiger partial charge in [-0.3, -0.25) is 20.4 Å². The number of hydrogen-bond acceptors (Lipinski definition) is 6. The number of hydrogen-bond donors (Lipinski definition) is 2. The highest BCUT2D eigenvalue weighted by molar-refractivity contribution is 7.89. The summed E-state index contributed by atoms with van der Waals surface area (Å²) < 4.78 is 35.6. The molecule has 0 aliphatic heterocycles. The maximum atomic E-state index is 12.3. The Kier molecular flexibility index (Phi) is 6.60. The molecule has 0 radical (unpaired) electrons. The third-order valence-electron chi connectivity index (χ3n) is 3.82. The summed E-state index contributed by atoms with van der Waals surface area (Å²) >= 11 is 0. The largest absolute Gasteiger partial charge is 0.497 e. The Labute approximate surface area is 163 Å². The number of nitrogens with one attached hydrogen (secondary N) is 2. The summed E-state index contributed by atoms with van der Waals surface area (Å²) in [4.78, 5) is 24.6. The Balaban J connectivity index is 2.14. The monoisotopic (exact) mass is 407 g/mol. The highest BCUT2D eigenvalue weighted by atomic mass is 32.2. The van der Waals surface area contributed by atoms with Gasteiger partial charge in [0.2, 0.25) is 10.0 Å². The zero-order valence-electron chi connectivity index (χ0n) is 15.8. The molecule has 0 saturated heterocycles. The van der Waals surface area contributed by atoms with Gasteiger partial charge < -0.3 is 9.47 Å². The number of carbonyl (C=O) groups excluding carboxylic acids is 2. The molecule has 2 aromatic carbocycles. The Morgan fingerprint density at radius 1 is 0.929 bits per heavy atom. The summed E-state index contributed by atoms with van der Waals surface area (Å²) in [7, 11) is 1.99. The van der Waals surface area contributed by atoms with Crippen LogP contribution in [0.5, 0.6) is 11.5 Å². The minimum absolute atomic E-state index is 0.0340. The summed E-state index contributed by atoms with van der Waals surface area (Å²) in [5.74, 6) is -0.497. The molecule has 10 heteroatoms. The zero-order valence-corrected chi connectivity index (χ0v) is 16.7. The minimum Gasteiger partial charge on any atom is -0.497 e. The summed E-state index contributed by atoms with van der Waals surface area (Å²) in [6, 6.07) is 10.1. The van der Waals surface area contributed by atoms with Crippen molar-refractivity contribution in [2.45, 2.75) is 4.90 Å². The van der Waals surface area contributed by atoms with Crippen molar-refractivity contribution in [3.05, 3.63) is 53.6 Å². The molecule has 0 atom stereocenters. The molecular weight excluding hydrogens is 386 g/mol. The molecule has 2 aromatic rings. The fourth-order valence-electron chi connectivity index (χ4n) is 2.25. The third-order valence-corrected chi connectivity index (χ3v) is 5.63. The van der Waals surface area contributed by atoms with E-state index < -0.39 is 21.8 Å². The van der Waals surface area contributed by atoms with E-state index in [4.69, 9.17) is 9.47 Å². The van der Waals surface area contributed by atoms with E-state index in [1.165, 1.54) is 64.7 Å². The highest BCUT2D eigenvalue weighted by Gasteiger charge is 2.19. The van der Waals surface area contributed by atoms with E-state index in [1.54, 1.807) is 6.07 Å². The smallest absolute Gasteiger partial charge is 0.273 e. The SMILES string of the molecule is COc1ccc(C(=O)NNC(=O)c2cccc(S(=O)(=O)N(C)C)c2)c(OC)c1. The third kappa shape index (κ3) is 4.59. The number of ether oxygens (including phenoxy) is 2. The van der Waals surface area contributed by atoms with E-state index in [2.05, 4.69) is 10.9 Å². The lowest BCUT2D eigenvalue weighted by Crippen LogP contribution is -2.41. The minimum atomic E-state index is -3.69. The predicted molar refractivity (Wildman–Crippen MR) is 102 cm³/mol. The Morgan fingerprint density at radius 3 is 2.21 bits per heavy atom. The van der Waals surface area contributed by atoms with Crippen molar-refractivity contribution in [3.63, 3.8) is 0 Å². The number of benzene rings is 2. The van der Waals surface area contributed by atoms with Crippen LogP contribution >= 0.6 is 0 Å². The van der Waals surface area contributed by atoms with E-state index in [0.29, 0.717) is 5.75 Å². The predicted octanol–water partition coefficient (Wildman–Crippen LogP) is 1.03. The summed E-state index contributed by atoms with van der Waals surface area (Å²) in [5, 5.41) is 0. The second-order valence-electron chi connectivity index (χ2n) is 5.79. The van der Waals surface area contributed by atoms with Gasteiger partial charge in [0, 0.05) is 25.7 Å². The number of hydrazine groups is 1. The number of nitrogens with zero attached hydrogens (tertiary/aromatic N) is 1. The molecular formula is C18H21N3O6S. The zero-order chi connectivity index (χ0) is 20.9. The molecule has 0 bridgehead atoms. The number of amides is 2. The highest BCUT2D eigenvalue weighted by Crippen LogP contribution is 2.24. The number of sulfonamides is 1. The fraction of sp³-hybridized carbons (Fsp3) is 0.222. The van der Waals surface area contributed by atoms with Crippen LogP contribution in [0.1, 0.15) is 20.7 Å². The van der Waals surface area contributed by atoms with Gasteiger partial charge in [-0.1, -0.05) is 6.07 Å². The number of rotatable bonds is 6. The van der Waals surface area contributed by atoms with Crippen LogP contribution in [0.25, 0.3) is 0 Å². The van der Waals surface area contributed by atoms with Gasteiger partial charge in [-0.2, -0.15) is 0 Å². The molecule has 0 aromatic heterocycles. The Morgan fingerprint density at radius 2 is 1.61 bits per heavy atom. The van der Waals surface area contributed by atoms with Gasteiger partial charge in [-0.15, -0.1) is 0 Å². The molecule has 2 amide bonds. The van der Waals surface area contributed by atoms with Crippen molar-refractivity contribution in [2.24, 2.45) is 0 Å². The van der Waals surface area contributed by atoms with Gasteiger partial charge in [0.1, 0.15) is 11.5 Å². The van der Waals surface area contributed by atoms with E-state index in [0.717, 1.165) is 4.31 Å². The van der Waals surface area contributed by atoms with Crippen LogP contribution in [0.2, 0.25) is 0 Å². The normalized spacial score (nSPS) is 11.0. The molecule has 9 nitrogen and oxygen atoms in total. The molecule has 150 valence electrons. The average Bonchev–Trinajstić information content (AvgIpc) is 2.71. The van der Waals surface area contributed by atoms with Crippen molar-refractivity contribution in [3.8, 4) is 11.5 Å². The lowest BCUT2D eigenvalue weighted by molar-refractivity contribution is 0.0844. The summed E-state index contributed by atoms with van der Waals surface area (Å²) in [6.07, 6.45) is 0. The molecule has 0 fully saturated rings. The first-order valence-electron chi connectivity index (χ1n) is 8.06. The Hall–Kier alpha value is -3.11. The van der Waals surface area contributed by atoms with Gasteiger partial charge in [0.15, 0.2) is 0 Å². The second-order valence-corrected chi connectivity index (χ2v) is 7.94. The van der Waals surface area contributed by atoms with E-state index in [1.807, 2.05) is 0 Å².